The lowest BCUT2D eigenvalue weighted by molar-refractivity contribution is -0.0411. The van der Waals surface area contributed by atoms with Gasteiger partial charge in [0.2, 0.25) is 0 Å². The molecule has 62 valence electrons. The molecule has 0 aliphatic carbocycles. The molecule has 1 heterocycles. The Morgan fingerprint density at radius 1 is 1.91 bits per heavy atom. The van der Waals surface area contributed by atoms with Crippen molar-refractivity contribution in [2.24, 2.45) is 0 Å². The fraction of sp³-hybridized carbons (Fsp3) is 1.00. The number of aliphatic hydroxyl groups excluding tert-OH is 1. The Kier molecular flexibility index (Phi) is 2.86. The molecule has 0 aromatic carbocycles. The first kappa shape index (κ1) is 9.38. The predicted molar refractivity (Wildman–Crippen MR) is 44.8 cm³/mol. The molecule has 1 aliphatic rings. The Labute approximate surface area is 72.9 Å². The lowest BCUT2D eigenvalue weighted by Crippen LogP contribution is -2.38. The summed E-state index contributed by atoms with van der Waals surface area (Å²) in [7, 11) is 6.97. The number of hydrogen-bond donors (Lipinski definition) is 2. The van der Waals surface area contributed by atoms with Crippen molar-refractivity contribution in [1.82, 2.24) is 0 Å². The van der Waals surface area contributed by atoms with E-state index in [9.17, 15) is 5.11 Å². The van der Waals surface area contributed by atoms with Crippen molar-refractivity contribution in [3.63, 3.8) is 0 Å². The van der Waals surface area contributed by atoms with Crippen LogP contribution >= 0.6 is 12.6 Å². The molecule has 0 amide bonds. The Morgan fingerprint density at radius 3 is 2.91 bits per heavy atom. The molecule has 1 fully saturated rings. The van der Waals surface area contributed by atoms with Crippen LogP contribution in [0.2, 0.25) is 0 Å². The highest BCUT2D eigenvalue weighted by Crippen LogP contribution is 2.32. The van der Waals surface area contributed by atoms with E-state index in [1.54, 1.807) is 0 Å². The van der Waals surface area contributed by atoms with Gasteiger partial charge in [-0.25, -0.2) is 0 Å². The summed E-state index contributed by atoms with van der Waals surface area (Å²) in [6, 6.07) is -0.433. The summed E-state index contributed by atoms with van der Waals surface area (Å²) in [5.74, 6) is 0. The van der Waals surface area contributed by atoms with Crippen LogP contribution in [-0.2, 0) is 9.47 Å². The van der Waals surface area contributed by atoms with Crippen LogP contribution in [0.15, 0.2) is 0 Å². The van der Waals surface area contributed by atoms with E-state index in [2.05, 4.69) is 12.6 Å². The molecule has 1 aliphatic heterocycles. The highest BCUT2D eigenvalue weighted by molar-refractivity contribution is 7.81. The zero-order chi connectivity index (χ0) is 8.48. The molecule has 1 N–H and O–H groups in total. The van der Waals surface area contributed by atoms with E-state index in [4.69, 9.17) is 17.3 Å². The summed E-state index contributed by atoms with van der Waals surface area (Å²) in [6.45, 7) is 0.241. The minimum atomic E-state index is -0.922. The summed E-state index contributed by atoms with van der Waals surface area (Å²) >= 11 is 4.14. The zero-order valence-corrected chi connectivity index (χ0v) is 7.25. The van der Waals surface area contributed by atoms with E-state index in [0.717, 1.165) is 0 Å². The normalized spacial score (nSPS) is 44.6. The van der Waals surface area contributed by atoms with Crippen molar-refractivity contribution in [3.8, 4) is 0 Å². The van der Waals surface area contributed by atoms with Crippen molar-refractivity contribution < 1.29 is 14.6 Å². The zero-order valence-electron chi connectivity index (χ0n) is 6.36. The number of hydrogen-bond acceptors (Lipinski definition) is 4. The number of ether oxygens (including phenoxy) is 2. The van der Waals surface area contributed by atoms with Gasteiger partial charge in [-0.3, -0.25) is 0 Å². The molecule has 1 saturated heterocycles. The van der Waals surface area contributed by atoms with Crippen molar-refractivity contribution in [1.29, 1.82) is 0 Å². The van der Waals surface area contributed by atoms with Gasteiger partial charge in [0.25, 0.3) is 0 Å². The van der Waals surface area contributed by atoms with E-state index >= 15 is 0 Å². The molecule has 3 nitrogen and oxygen atoms in total. The Bertz CT molecular complexity index is 146. The van der Waals surface area contributed by atoms with Crippen LogP contribution in [0, 0.1) is 0 Å². The van der Waals surface area contributed by atoms with Crippen molar-refractivity contribution in [3.05, 3.63) is 0 Å². The maximum absolute atomic E-state index is 9.39. The fourth-order valence-corrected chi connectivity index (χ4v) is 1.50. The quantitative estimate of drug-likeness (QED) is 0.439. The third-order valence-corrected chi connectivity index (χ3v) is 2.22. The van der Waals surface area contributed by atoms with Crippen LogP contribution in [0.5, 0.6) is 0 Å². The number of aliphatic hydroxyl groups is 1. The van der Waals surface area contributed by atoms with E-state index in [0.29, 0.717) is 6.42 Å². The van der Waals surface area contributed by atoms with Crippen molar-refractivity contribution in [2.45, 2.75) is 23.5 Å². The summed E-state index contributed by atoms with van der Waals surface area (Å²) in [5.41, 5.74) is 0. The minimum Gasteiger partial charge on any atom is -0.389 e. The first-order chi connectivity index (χ1) is 5.08. The molecule has 0 saturated carbocycles. The first-order valence-electron chi connectivity index (χ1n) is 3.41. The topological polar surface area (TPSA) is 38.7 Å². The van der Waals surface area contributed by atoms with E-state index < -0.39 is 17.0 Å². The molecule has 0 aromatic rings. The van der Waals surface area contributed by atoms with Gasteiger partial charge < -0.3 is 14.6 Å². The molecule has 1 unspecified atom stereocenters. The third-order valence-electron chi connectivity index (χ3n) is 1.68. The van der Waals surface area contributed by atoms with Crippen LogP contribution in [-0.4, -0.2) is 43.7 Å². The Hall–Kier alpha value is 0.295. The summed E-state index contributed by atoms with van der Waals surface area (Å²) < 4.78 is 10.00. The summed E-state index contributed by atoms with van der Waals surface area (Å²) in [5, 5.41) is 9.39. The monoisotopic (exact) mass is 174 g/mol. The van der Waals surface area contributed by atoms with Crippen LogP contribution in [0.1, 0.15) is 6.42 Å². The molecule has 0 spiro atoms. The maximum atomic E-state index is 9.39. The molecule has 11 heavy (non-hydrogen) atoms. The molecular formula is C6H11BO3S. The lowest BCUT2D eigenvalue weighted by Gasteiger charge is -2.25. The highest BCUT2D eigenvalue weighted by Gasteiger charge is 2.43. The van der Waals surface area contributed by atoms with Crippen LogP contribution in [0.4, 0.5) is 0 Å². The molecule has 0 aromatic heterocycles. The van der Waals surface area contributed by atoms with Crippen LogP contribution in [0.25, 0.3) is 0 Å². The van der Waals surface area contributed by atoms with Gasteiger partial charge in [-0.1, -0.05) is 0 Å². The van der Waals surface area contributed by atoms with Gasteiger partial charge in [0.05, 0.1) is 12.7 Å². The Balaban J connectivity index is 2.55. The van der Waals surface area contributed by atoms with E-state index in [1.165, 1.54) is 7.11 Å². The highest BCUT2D eigenvalue weighted by atomic mass is 32.1. The van der Waals surface area contributed by atoms with Gasteiger partial charge in [0, 0.05) is 13.1 Å². The third kappa shape index (κ3) is 1.90. The average molecular weight is 174 g/mol. The maximum Gasteiger partial charge on any atom is 0.159 e. The standard InChI is InChI=1S/C6H11BO3S/c1-9-3-6(11)4(8)2-5(7)10-6/h4-5,8,11H,2-3H2,1H3/t4?,5-,6+/m1/s1. The second kappa shape index (κ2) is 3.35. The largest absolute Gasteiger partial charge is 0.389 e. The number of rotatable bonds is 2. The van der Waals surface area contributed by atoms with Gasteiger partial charge >= 0.3 is 0 Å². The SMILES string of the molecule is [B][C@H]1CC(O)[C@@](S)(COC)O1. The predicted octanol–water partition coefficient (Wildman–Crippen LogP) is -0.465. The van der Waals surface area contributed by atoms with Crippen LogP contribution in [0.3, 0.4) is 0 Å². The van der Waals surface area contributed by atoms with Crippen LogP contribution < -0.4 is 0 Å². The lowest BCUT2D eigenvalue weighted by atomic mass is 9.96. The number of methoxy groups -OCH3 is 1. The summed E-state index contributed by atoms with van der Waals surface area (Å²) in [4.78, 5) is -0.922. The number of thiol groups is 1. The minimum absolute atomic E-state index is 0.241. The van der Waals surface area contributed by atoms with Gasteiger partial charge in [0.15, 0.2) is 4.93 Å². The molecule has 0 bridgehead atoms. The van der Waals surface area contributed by atoms with Gasteiger partial charge in [0.1, 0.15) is 7.85 Å². The molecule has 5 heteroatoms. The average Bonchev–Trinajstić information content (AvgIpc) is 2.08. The molecule has 2 radical (unpaired) electrons. The molecular weight excluding hydrogens is 163 g/mol. The smallest absolute Gasteiger partial charge is 0.159 e. The van der Waals surface area contributed by atoms with E-state index in [1.807, 2.05) is 0 Å². The van der Waals surface area contributed by atoms with Crippen molar-refractivity contribution in [2.75, 3.05) is 13.7 Å². The van der Waals surface area contributed by atoms with Crippen molar-refractivity contribution >= 4 is 20.5 Å². The fourth-order valence-electron chi connectivity index (χ4n) is 1.13. The second-order valence-electron chi connectivity index (χ2n) is 2.69. The molecule has 1 rings (SSSR count). The van der Waals surface area contributed by atoms with E-state index in [-0.39, 0.29) is 6.61 Å². The first-order valence-corrected chi connectivity index (χ1v) is 3.86. The second-order valence-corrected chi connectivity index (χ2v) is 3.44. The van der Waals surface area contributed by atoms with Gasteiger partial charge in [-0.15, -0.1) is 12.6 Å². The summed E-state index contributed by atoms with van der Waals surface area (Å²) in [6.07, 6.45) is -0.242. The molecule has 3 atom stereocenters. The van der Waals surface area contributed by atoms with Gasteiger partial charge in [-0.05, 0) is 6.42 Å². The van der Waals surface area contributed by atoms with Gasteiger partial charge in [-0.2, -0.15) is 0 Å². The Morgan fingerprint density at radius 2 is 2.55 bits per heavy atom.